The molecule has 0 saturated carbocycles. The molecule has 0 atom stereocenters. The standard InChI is InChI=1S/C14H19N5O/c1-4-9-20-14-17-12(15)16-13(18-14)19(3)11-8-6-5-7-10(11)2/h5-8H,4,9H2,1-3H3,(H2,15,16,17,18). The van der Waals surface area contributed by atoms with Crippen LogP contribution in [-0.4, -0.2) is 28.6 Å². The van der Waals surface area contributed by atoms with Crippen LogP contribution in [0.25, 0.3) is 0 Å². The van der Waals surface area contributed by atoms with Gasteiger partial charge in [0.25, 0.3) is 0 Å². The zero-order valence-corrected chi connectivity index (χ0v) is 12.0. The van der Waals surface area contributed by atoms with Crippen LogP contribution in [0, 0.1) is 6.92 Å². The third kappa shape index (κ3) is 3.14. The summed E-state index contributed by atoms with van der Waals surface area (Å²) in [4.78, 5) is 14.3. The smallest absolute Gasteiger partial charge is 0.323 e. The van der Waals surface area contributed by atoms with Gasteiger partial charge in [-0.15, -0.1) is 0 Å². The van der Waals surface area contributed by atoms with Crippen molar-refractivity contribution in [3.8, 4) is 6.01 Å². The predicted molar refractivity (Wildman–Crippen MR) is 79.3 cm³/mol. The first-order valence-corrected chi connectivity index (χ1v) is 6.55. The highest BCUT2D eigenvalue weighted by Gasteiger charge is 2.12. The molecule has 0 amide bonds. The molecule has 6 heteroatoms. The van der Waals surface area contributed by atoms with Gasteiger partial charge in [0, 0.05) is 12.7 Å². The van der Waals surface area contributed by atoms with E-state index in [1.54, 1.807) is 0 Å². The van der Waals surface area contributed by atoms with E-state index in [0.29, 0.717) is 12.6 Å². The average Bonchev–Trinajstić information content (AvgIpc) is 2.44. The second kappa shape index (κ2) is 6.18. The maximum atomic E-state index is 5.72. The average molecular weight is 273 g/mol. The van der Waals surface area contributed by atoms with Crippen molar-refractivity contribution in [2.24, 2.45) is 0 Å². The molecule has 2 rings (SSSR count). The van der Waals surface area contributed by atoms with Gasteiger partial charge in [-0.2, -0.15) is 15.0 Å². The van der Waals surface area contributed by atoms with Gasteiger partial charge >= 0.3 is 6.01 Å². The largest absolute Gasteiger partial charge is 0.463 e. The summed E-state index contributed by atoms with van der Waals surface area (Å²) in [6.07, 6.45) is 0.883. The van der Waals surface area contributed by atoms with Crippen molar-refractivity contribution < 1.29 is 4.74 Å². The molecule has 2 aromatic rings. The highest BCUT2D eigenvalue weighted by molar-refractivity contribution is 5.61. The fraction of sp³-hybridized carbons (Fsp3) is 0.357. The van der Waals surface area contributed by atoms with Gasteiger partial charge in [-0.05, 0) is 25.0 Å². The van der Waals surface area contributed by atoms with Crippen LogP contribution >= 0.6 is 0 Å². The lowest BCUT2D eigenvalue weighted by molar-refractivity contribution is 0.292. The second-order valence-electron chi connectivity index (χ2n) is 4.47. The van der Waals surface area contributed by atoms with Crippen molar-refractivity contribution in [1.29, 1.82) is 0 Å². The summed E-state index contributed by atoms with van der Waals surface area (Å²) in [7, 11) is 1.89. The van der Waals surface area contributed by atoms with Crippen LogP contribution in [0.5, 0.6) is 6.01 Å². The molecular weight excluding hydrogens is 254 g/mol. The topological polar surface area (TPSA) is 77.2 Å². The minimum atomic E-state index is 0.154. The summed E-state index contributed by atoms with van der Waals surface area (Å²) in [5.41, 5.74) is 7.86. The molecule has 0 radical (unpaired) electrons. The van der Waals surface area contributed by atoms with Crippen molar-refractivity contribution >= 4 is 17.6 Å². The van der Waals surface area contributed by atoms with Crippen LogP contribution in [0.1, 0.15) is 18.9 Å². The number of aromatic nitrogens is 3. The first-order chi connectivity index (χ1) is 9.61. The molecule has 1 aromatic heterocycles. The number of hydrogen-bond acceptors (Lipinski definition) is 6. The van der Waals surface area contributed by atoms with Gasteiger partial charge in [0.2, 0.25) is 11.9 Å². The van der Waals surface area contributed by atoms with E-state index in [0.717, 1.165) is 17.7 Å². The van der Waals surface area contributed by atoms with Crippen molar-refractivity contribution in [2.75, 3.05) is 24.3 Å². The van der Waals surface area contributed by atoms with Crippen LogP contribution < -0.4 is 15.4 Å². The Labute approximate surface area is 118 Å². The monoisotopic (exact) mass is 273 g/mol. The zero-order valence-electron chi connectivity index (χ0n) is 12.0. The van der Waals surface area contributed by atoms with Crippen LogP contribution in [0.2, 0.25) is 0 Å². The molecule has 0 bridgehead atoms. The SMILES string of the molecule is CCCOc1nc(N)nc(N(C)c2ccccc2C)n1. The first-order valence-electron chi connectivity index (χ1n) is 6.55. The summed E-state index contributed by atoms with van der Waals surface area (Å²) >= 11 is 0. The Morgan fingerprint density at radius 1 is 1.20 bits per heavy atom. The van der Waals surface area contributed by atoms with Gasteiger partial charge in [0.05, 0.1) is 6.61 Å². The van der Waals surface area contributed by atoms with Gasteiger partial charge in [0.1, 0.15) is 0 Å². The Kier molecular flexibility index (Phi) is 4.34. The minimum absolute atomic E-state index is 0.154. The maximum Gasteiger partial charge on any atom is 0.323 e. The van der Waals surface area contributed by atoms with Crippen molar-refractivity contribution in [3.05, 3.63) is 29.8 Å². The molecule has 0 aliphatic heterocycles. The molecule has 0 aliphatic rings. The van der Waals surface area contributed by atoms with Gasteiger partial charge in [-0.25, -0.2) is 0 Å². The van der Waals surface area contributed by atoms with Crippen molar-refractivity contribution in [3.63, 3.8) is 0 Å². The van der Waals surface area contributed by atoms with Gasteiger partial charge < -0.3 is 15.4 Å². The number of anilines is 3. The highest BCUT2D eigenvalue weighted by atomic mass is 16.5. The molecule has 0 unspecified atom stereocenters. The van der Waals surface area contributed by atoms with Crippen LogP contribution in [0.15, 0.2) is 24.3 Å². The number of hydrogen-bond donors (Lipinski definition) is 1. The normalized spacial score (nSPS) is 10.3. The molecule has 1 aromatic carbocycles. The van der Waals surface area contributed by atoms with Crippen LogP contribution in [0.3, 0.4) is 0 Å². The number of benzene rings is 1. The van der Waals surface area contributed by atoms with E-state index >= 15 is 0 Å². The van der Waals surface area contributed by atoms with E-state index in [2.05, 4.69) is 15.0 Å². The Morgan fingerprint density at radius 3 is 2.65 bits per heavy atom. The highest BCUT2D eigenvalue weighted by Crippen LogP contribution is 2.24. The molecular formula is C14H19N5O. The van der Waals surface area contributed by atoms with Crippen molar-refractivity contribution in [1.82, 2.24) is 15.0 Å². The van der Waals surface area contributed by atoms with Gasteiger partial charge in [-0.3, -0.25) is 0 Å². The molecule has 0 spiro atoms. The predicted octanol–water partition coefficient (Wildman–Crippen LogP) is 2.32. The Bertz CT molecular complexity index is 588. The van der Waals surface area contributed by atoms with Crippen molar-refractivity contribution in [2.45, 2.75) is 20.3 Å². The fourth-order valence-electron chi connectivity index (χ4n) is 1.82. The minimum Gasteiger partial charge on any atom is -0.463 e. The van der Waals surface area contributed by atoms with E-state index < -0.39 is 0 Å². The molecule has 0 saturated heterocycles. The Morgan fingerprint density at radius 2 is 1.95 bits per heavy atom. The van der Waals surface area contributed by atoms with Crippen LogP contribution in [-0.2, 0) is 0 Å². The zero-order chi connectivity index (χ0) is 14.5. The summed E-state index contributed by atoms with van der Waals surface area (Å²) in [6, 6.07) is 8.25. The van der Waals surface area contributed by atoms with E-state index in [1.165, 1.54) is 0 Å². The van der Waals surface area contributed by atoms with E-state index in [-0.39, 0.29) is 12.0 Å². The molecule has 0 fully saturated rings. The summed E-state index contributed by atoms with van der Waals surface area (Å²) in [5.74, 6) is 0.624. The van der Waals surface area contributed by atoms with E-state index in [1.807, 2.05) is 50.1 Å². The molecule has 6 nitrogen and oxygen atoms in total. The number of ether oxygens (including phenoxy) is 1. The third-order valence-corrected chi connectivity index (χ3v) is 2.83. The number of nitrogen functional groups attached to an aromatic ring is 1. The first kappa shape index (κ1) is 14.0. The number of aryl methyl sites for hydroxylation is 1. The number of nitrogens with zero attached hydrogens (tertiary/aromatic N) is 4. The van der Waals surface area contributed by atoms with E-state index in [9.17, 15) is 0 Å². The number of rotatable bonds is 5. The number of para-hydroxylation sites is 1. The lowest BCUT2D eigenvalue weighted by Crippen LogP contribution is -2.16. The second-order valence-corrected chi connectivity index (χ2v) is 4.47. The Hall–Kier alpha value is -2.37. The molecule has 106 valence electrons. The van der Waals surface area contributed by atoms with E-state index in [4.69, 9.17) is 10.5 Å². The summed E-state index contributed by atoms with van der Waals surface area (Å²) in [6.45, 7) is 4.60. The Balaban J connectivity index is 2.32. The quantitative estimate of drug-likeness (QED) is 0.900. The molecule has 2 N–H and O–H groups in total. The molecule has 20 heavy (non-hydrogen) atoms. The maximum absolute atomic E-state index is 5.72. The molecule has 1 heterocycles. The third-order valence-electron chi connectivity index (χ3n) is 2.83. The van der Waals surface area contributed by atoms with Crippen LogP contribution in [0.4, 0.5) is 17.6 Å². The fourth-order valence-corrected chi connectivity index (χ4v) is 1.82. The molecule has 0 aliphatic carbocycles. The summed E-state index contributed by atoms with van der Waals surface area (Å²) in [5, 5.41) is 0. The van der Waals surface area contributed by atoms with Gasteiger partial charge in [-0.1, -0.05) is 25.1 Å². The number of nitrogens with two attached hydrogens (primary N) is 1. The lowest BCUT2D eigenvalue weighted by atomic mass is 10.2. The summed E-state index contributed by atoms with van der Waals surface area (Å²) < 4.78 is 5.42. The lowest BCUT2D eigenvalue weighted by Gasteiger charge is -2.19. The van der Waals surface area contributed by atoms with Gasteiger partial charge in [0.15, 0.2) is 0 Å².